The zero-order valence-corrected chi connectivity index (χ0v) is 13.0. The van der Waals surface area contributed by atoms with Crippen LogP contribution in [0.1, 0.15) is 32.3 Å². The number of nitrogens with one attached hydrogen (secondary N) is 1. The topological polar surface area (TPSA) is 15.3 Å². The molecular formula is C16H25ClN2. The number of hydrogen-bond acceptors (Lipinski definition) is 2. The van der Waals surface area contributed by atoms with Crippen LogP contribution >= 0.6 is 11.6 Å². The van der Waals surface area contributed by atoms with Gasteiger partial charge in [0, 0.05) is 6.04 Å². The molecule has 0 spiro atoms. The van der Waals surface area contributed by atoms with Crippen LogP contribution in [-0.4, -0.2) is 30.6 Å². The maximum absolute atomic E-state index is 6.29. The molecule has 1 aromatic carbocycles. The van der Waals surface area contributed by atoms with Crippen LogP contribution in [-0.2, 0) is 0 Å². The molecule has 0 aliphatic carbocycles. The van der Waals surface area contributed by atoms with Gasteiger partial charge in [-0.05, 0) is 69.9 Å². The fourth-order valence-corrected chi connectivity index (χ4v) is 3.16. The molecule has 0 bridgehead atoms. The molecule has 0 saturated carbocycles. The zero-order valence-electron chi connectivity index (χ0n) is 12.2. The highest BCUT2D eigenvalue weighted by Gasteiger charge is 2.23. The molecule has 1 saturated heterocycles. The summed E-state index contributed by atoms with van der Waals surface area (Å²) in [4.78, 5) is 2.53. The van der Waals surface area contributed by atoms with E-state index in [1.165, 1.54) is 38.0 Å². The first-order valence-corrected chi connectivity index (χ1v) is 7.73. The quantitative estimate of drug-likeness (QED) is 0.890. The van der Waals surface area contributed by atoms with Crippen molar-refractivity contribution in [1.29, 1.82) is 0 Å². The fourth-order valence-electron chi connectivity index (χ4n) is 2.87. The molecule has 0 amide bonds. The maximum Gasteiger partial charge on any atom is 0.0640 e. The van der Waals surface area contributed by atoms with Crippen molar-refractivity contribution in [1.82, 2.24) is 4.90 Å². The third-order valence-corrected chi connectivity index (χ3v) is 4.61. The Labute approximate surface area is 122 Å². The second kappa shape index (κ2) is 6.62. The van der Waals surface area contributed by atoms with E-state index >= 15 is 0 Å². The van der Waals surface area contributed by atoms with Gasteiger partial charge in [-0.1, -0.05) is 24.6 Å². The van der Waals surface area contributed by atoms with Crippen LogP contribution in [0, 0.1) is 12.8 Å². The molecular weight excluding hydrogens is 256 g/mol. The molecule has 1 aliphatic rings. The predicted molar refractivity (Wildman–Crippen MR) is 84.1 cm³/mol. The van der Waals surface area contributed by atoms with Crippen LogP contribution in [0.15, 0.2) is 18.2 Å². The Kier molecular flexibility index (Phi) is 5.12. The Morgan fingerprint density at radius 1 is 1.37 bits per heavy atom. The molecule has 2 rings (SSSR count). The normalized spacial score (nSPS) is 19.4. The van der Waals surface area contributed by atoms with E-state index in [1.54, 1.807) is 0 Å². The lowest BCUT2D eigenvalue weighted by atomic mass is 9.90. The molecule has 3 heteroatoms. The number of likely N-dealkylation sites (tertiary alicyclic amines) is 1. The summed E-state index contributed by atoms with van der Waals surface area (Å²) in [6.07, 6.45) is 2.57. The van der Waals surface area contributed by atoms with Crippen LogP contribution in [0.25, 0.3) is 0 Å². The standard InChI is InChI=1S/C16H25ClN2/c1-4-19-9-7-14(8-10-19)13(3)18-16-6-5-12(2)11-15(16)17/h5-6,11,13-14,18H,4,7-10H2,1-3H3. The van der Waals surface area contributed by atoms with Gasteiger partial charge in [-0.3, -0.25) is 0 Å². The minimum atomic E-state index is 0.485. The lowest BCUT2D eigenvalue weighted by molar-refractivity contribution is 0.183. The smallest absolute Gasteiger partial charge is 0.0640 e. The van der Waals surface area contributed by atoms with E-state index in [-0.39, 0.29) is 0 Å². The Balaban J connectivity index is 1.92. The van der Waals surface area contributed by atoms with Crippen molar-refractivity contribution in [2.45, 2.75) is 39.7 Å². The monoisotopic (exact) mass is 280 g/mol. The number of anilines is 1. The predicted octanol–water partition coefficient (Wildman–Crippen LogP) is 4.18. The molecule has 1 aromatic rings. The second-order valence-corrected chi connectivity index (χ2v) is 6.10. The van der Waals surface area contributed by atoms with Crippen molar-refractivity contribution in [3.05, 3.63) is 28.8 Å². The molecule has 1 aliphatic heterocycles. The van der Waals surface area contributed by atoms with Gasteiger partial charge in [0.2, 0.25) is 0 Å². The average molecular weight is 281 g/mol. The summed E-state index contributed by atoms with van der Waals surface area (Å²) in [7, 11) is 0. The van der Waals surface area contributed by atoms with E-state index in [9.17, 15) is 0 Å². The minimum absolute atomic E-state index is 0.485. The molecule has 1 heterocycles. The van der Waals surface area contributed by atoms with E-state index in [1.807, 2.05) is 6.07 Å². The minimum Gasteiger partial charge on any atom is -0.381 e. The molecule has 106 valence electrons. The molecule has 19 heavy (non-hydrogen) atoms. The van der Waals surface area contributed by atoms with Crippen LogP contribution in [0.2, 0.25) is 5.02 Å². The number of piperidine rings is 1. The van der Waals surface area contributed by atoms with Crippen LogP contribution in [0.5, 0.6) is 0 Å². The van der Waals surface area contributed by atoms with Crippen LogP contribution in [0.3, 0.4) is 0 Å². The maximum atomic E-state index is 6.29. The van der Waals surface area contributed by atoms with Gasteiger partial charge >= 0.3 is 0 Å². The SMILES string of the molecule is CCN1CCC(C(C)Nc2ccc(C)cc2Cl)CC1. The van der Waals surface area contributed by atoms with Gasteiger partial charge in [0.1, 0.15) is 0 Å². The van der Waals surface area contributed by atoms with Crippen molar-refractivity contribution in [3.63, 3.8) is 0 Å². The van der Waals surface area contributed by atoms with Gasteiger partial charge in [0.15, 0.2) is 0 Å². The second-order valence-electron chi connectivity index (χ2n) is 5.69. The number of benzene rings is 1. The van der Waals surface area contributed by atoms with Gasteiger partial charge in [-0.2, -0.15) is 0 Å². The van der Waals surface area contributed by atoms with E-state index in [0.29, 0.717) is 6.04 Å². The highest BCUT2D eigenvalue weighted by molar-refractivity contribution is 6.33. The largest absolute Gasteiger partial charge is 0.381 e. The number of aryl methyl sites for hydroxylation is 1. The lowest BCUT2D eigenvalue weighted by Gasteiger charge is -2.35. The van der Waals surface area contributed by atoms with Crippen molar-refractivity contribution < 1.29 is 0 Å². The summed E-state index contributed by atoms with van der Waals surface area (Å²) in [5.41, 5.74) is 2.28. The van der Waals surface area contributed by atoms with Crippen molar-refractivity contribution >= 4 is 17.3 Å². The first-order valence-electron chi connectivity index (χ1n) is 7.35. The Morgan fingerprint density at radius 2 is 2.05 bits per heavy atom. The molecule has 0 radical (unpaired) electrons. The van der Waals surface area contributed by atoms with E-state index < -0.39 is 0 Å². The van der Waals surface area contributed by atoms with Gasteiger partial charge in [-0.25, -0.2) is 0 Å². The van der Waals surface area contributed by atoms with E-state index in [0.717, 1.165) is 16.6 Å². The zero-order chi connectivity index (χ0) is 13.8. The lowest BCUT2D eigenvalue weighted by Crippen LogP contribution is -2.39. The van der Waals surface area contributed by atoms with Crippen LogP contribution < -0.4 is 5.32 Å². The Bertz CT molecular complexity index is 411. The van der Waals surface area contributed by atoms with E-state index in [2.05, 4.69) is 43.1 Å². The summed E-state index contributed by atoms with van der Waals surface area (Å²) in [5.74, 6) is 0.750. The first-order chi connectivity index (χ1) is 9.10. The Hall–Kier alpha value is -0.730. The third-order valence-electron chi connectivity index (χ3n) is 4.29. The van der Waals surface area contributed by atoms with Crippen molar-refractivity contribution in [2.24, 2.45) is 5.92 Å². The first kappa shape index (κ1) is 14.7. The Morgan fingerprint density at radius 3 is 2.63 bits per heavy atom. The van der Waals surface area contributed by atoms with Crippen molar-refractivity contribution in [2.75, 3.05) is 25.0 Å². The molecule has 1 unspecified atom stereocenters. The fraction of sp³-hybridized carbons (Fsp3) is 0.625. The summed E-state index contributed by atoms with van der Waals surface area (Å²) < 4.78 is 0. The third kappa shape index (κ3) is 3.87. The summed E-state index contributed by atoms with van der Waals surface area (Å²) in [5, 5.41) is 4.42. The number of halogens is 1. The van der Waals surface area contributed by atoms with Gasteiger partial charge in [-0.15, -0.1) is 0 Å². The molecule has 1 N–H and O–H groups in total. The van der Waals surface area contributed by atoms with E-state index in [4.69, 9.17) is 11.6 Å². The summed E-state index contributed by atoms with van der Waals surface area (Å²) in [6, 6.07) is 6.71. The van der Waals surface area contributed by atoms with Crippen molar-refractivity contribution in [3.8, 4) is 0 Å². The summed E-state index contributed by atoms with van der Waals surface area (Å²) in [6.45, 7) is 10.2. The van der Waals surface area contributed by atoms with Gasteiger partial charge in [0.05, 0.1) is 10.7 Å². The highest BCUT2D eigenvalue weighted by atomic mass is 35.5. The van der Waals surface area contributed by atoms with Gasteiger partial charge in [0.25, 0.3) is 0 Å². The average Bonchev–Trinajstić information content (AvgIpc) is 2.42. The molecule has 2 nitrogen and oxygen atoms in total. The number of nitrogens with zero attached hydrogens (tertiary/aromatic N) is 1. The highest BCUT2D eigenvalue weighted by Crippen LogP contribution is 2.27. The van der Waals surface area contributed by atoms with Crippen LogP contribution in [0.4, 0.5) is 5.69 Å². The number of hydrogen-bond donors (Lipinski definition) is 1. The van der Waals surface area contributed by atoms with Gasteiger partial charge < -0.3 is 10.2 Å². The molecule has 1 fully saturated rings. The summed E-state index contributed by atoms with van der Waals surface area (Å²) >= 11 is 6.29. The molecule has 1 atom stereocenters. The molecule has 0 aromatic heterocycles. The number of rotatable bonds is 4.